The van der Waals surface area contributed by atoms with Crippen LogP contribution in [0.15, 0.2) is 104 Å². The van der Waals surface area contributed by atoms with Gasteiger partial charge < -0.3 is 4.74 Å². The van der Waals surface area contributed by atoms with Gasteiger partial charge >= 0.3 is 0 Å². The van der Waals surface area contributed by atoms with E-state index >= 15 is 0 Å². The first-order chi connectivity index (χ1) is 21.4. The fourth-order valence-corrected chi connectivity index (χ4v) is 6.08. The summed E-state index contributed by atoms with van der Waals surface area (Å²) in [6.45, 7) is 6.31. The Morgan fingerprint density at radius 2 is 1.57 bits per heavy atom. The summed E-state index contributed by atoms with van der Waals surface area (Å²) in [5, 5.41) is 21.4. The summed E-state index contributed by atoms with van der Waals surface area (Å²) in [5.74, 6) is 2.51. The molecule has 0 N–H and O–H groups in total. The first kappa shape index (κ1) is 26.7. The maximum Gasteiger partial charge on any atom is 0.145 e. The topological polar surface area (TPSA) is 92.5 Å². The third kappa shape index (κ3) is 4.45. The van der Waals surface area contributed by atoms with E-state index in [0.717, 1.165) is 55.8 Å². The standard InChI is InChI=1S/C37H26N6O/c1-23-16-24(2)36(25(3)17-23)42-15-14-41-37(42)27-8-9-28(22-39)34(19-27)44-29-10-11-30-31-18-26(21-38)7-12-32(31)43(33(30)20-29)35-6-4-5-13-40-35/h4-20H,1-3H3. The number of imidazole rings is 1. The number of aryl methyl sites for hydroxylation is 3. The van der Waals surface area contributed by atoms with Crippen LogP contribution in [-0.4, -0.2) is 19.1 Å². The van der Waals surface area contributed by atoms with Crippen molar-refractivity contribution < 1.29 is 4.74 Å². The van der Waals surface area contributed by atoms with Crippen LogP contribution in [-0.2, 0) is 0 Å². The highest BCUT2D eigenvalue weighted by atomic mass is 16.5. The minimum Gasteiger partial charge on any atom is -0.456 e. The van der Waals surface area contributed by atoms with E-state index in [2.05, 4.69) is 64.1 Å². The van der Waals surface area contributed by atoms with Gasteiger partial charge in [-0.3, -0.25) is 9.13 Å². The van der Waals surface area contributed by atoms with Gasteiger partial charge in [-0.15, -0.1) is 0 Å². The fourth-order valence-electron chi connectivity index (χ4n) is 6.08. The SMILES string of the molecule is Cc1cc(C)c(-n2ccnc2-c2ccc(C#N)c(Oc3ccc4c5cc(C#N)ccc5n(-c5ccccn5)c4c3)c2)c(C)c1. The minimum absolute atomic E-state index is 0.415. The Kier molecular flexibility index (Phi) is 6.42. The predicted molar refractivity (Wildman–Crippen MR) is 171 cm³/mol. The molecule has 0 radical (unpaired) electrons. The number of rotatable bonds is 5. The van der Waals surface area contributed by atoms with Crippen molar-refractivity contribution in [1.29, 1.82) is 10.5 Å². The van der Waals surface area contributed by atoms with Crippen LogP contribution in [0.25, 0.3) is 44.7 Å². The van der Waals surface area contributed by atoms with Gasteiger partial charge in [-0.25, -0.2) is 9.97 Å². The molecule has 0 unspecified atom stereocenters. The third-order valence-electron chi connectivity index (χ3n) is 7.85. The van der Waals surface area contributed by atoms with Crippen molar-refractivity contribution in [3.05, 3.63) is 131 Å². The lowest BCUT2D eigenvalue weighted by molar-refractivity contribution is 0.482. The maximum atomic E-state index is 9.97. The second-order valence-electron chi connectivity index (χ2n) is 10.8. The zero-order chi connectivity index (χ0) is 30.4. The Balaban J connectivity index is 1.35. The number of nitrogens with zero attached hydrogens (tertiary/aromatic N) is 6. The number of hydrogen-bond acceptors (Lipinski definition) is 5. The summed E-state index contributed by atoms with van der Waals surface area (Å²) in [4.78, 5) is 9.29. The molecule has 0 spiro atoms. The quantitative estimate of drug-likeness (QED) is 0.207. The number of hydrogen-bond donors (Lipinski definition) is 0. The average Bonchev–Trinajstić information content (AvgIpc) is 3.63. The first-order valence-corrected chi connectivity index (χ1v) is 14.2. The Hall–Kier alpha value is -6.18. The van der Waals surface area contributed by atoms with Crippen LogP contribution in [0.5, 0.6) is 11.5 Å². The lowest BCUT2D eigenvalue weighted by Crippen LogP contribution is -2.02. The summed E-state index contributed by atoms with van der Waals surface area (Å²) in [6.07, 6.45) is 5.50. The molecule has 0 aliphatic carbocycles. The van der Waals surface area contributed by atoms with Crippen molar-refractivity contribution in [3.8, 4) is 46.5 Å². The van der Waals surface area contributed by atoms with E-state index in [0.29, 0.717) is 22.6 Å². The maximum absolute atomic E-state index is 9.97. The molecule has 0 bridgehead atoms. The smallest absolute Gasteiger partial charge is 0.145 e. The van der Waals surface area contributed by atoms with E-state index in [1.165, 1.54) is 5.56 Å². The van der Waals surface area contributed by atoms with Gasteiger partial charge in [0, 0.05) is 41.0 Å². The van der Waals surface area contributed by atoms with Crippen LogP contribution >= 0.6 is 0 Å². The summed E-state index contributed by atoms with van der Waals surface area (Å²) in [5.41, 5.74) is 8.25. The molecular formula is C37H26N6O. The Labute approximate surface area is 254 Å². The van der Waals surface area contributed by atoms with Gasteiger partial charge in [-0.05, 0) is 92.6 Å². The van der Waals surface area contributed by atoms with Crippen molar-refractivity contribution in [1.82, 2.24) is 19.1 Å². The van der Waals surface area contributed by atoms with E-state index in [9.17, 15) is 10.5 Å². The Morgan fingerprint density at radius 3 is 2.32 bits per heavy atom. The van der Waals surface area contributed by atoms with E-state index in [1.54, 1.807) is 18.5 Å². The molecule has 7 heteroatoms. The van der Waals surface area contributed by atoms with Gasteiger partial charge in [0.2, 0.25) is 0 Å². The molecule has 4 aromatic carbocycles. The summed E-state index contributed by atoms with van der Waals surface area (Å²) >= 11 is 0. The molecule has 0 aliphatic rings. The number of ether oxygens (including phenoxy) is 1. The molecule has 7 aromatic rings. The van der Waals surface area contributed by atoms with Crippen molar-refractivity contribution >= 4 is 21.8 Å². The van der Waals surface area contributed by atoms with Gasteiger partial charge in [0.1, 0.15) is 29.2 Å². The molecular weight excluding hydrogens is 544 g/mol. The summed E-state index contributed by atoms with van der Waals surface area (Å²) in [7, 11) is 0. The second-order valence-corrected chi connectivity index (χ2v) is 10.8. The number of pyridine rings is 1. The number of nitriles is 2. The van der Waals surface area contributed by atoms with Gasteiger partial charge in [0.05, 0.1) is 33.9 Å². The molecule has 7 rings (SSSR count). The fraction of sp³-hybridized carbons (Fsp3) is 0.0811. The molecule has 0 saturated carbocycles. The molecule has 0 aliphatic heterocycles. The minimum atomic E-state index is 0.415. The van der Waals surface area contributed by atoms with E-state index < -0.39 is 0 Å². The van der Waals surface area contributed by atoms with Gasteiger partial charge in [0.15, 0.2) is 0 Å². The molecule has 0 atom stereocenters. The highest BCUT2D eigenvalue weighted by Crippen LogP contribution is 2.37. The zero-order valence-corrected chi connectivity index (χ0v) is 24.4. The van der Waals surface area contributed by atoms with Crippen LogP contribution in [0.1, 0.15) is 27.8 Å². The largest absolute Gasteiger partial charge is 0.456 e. The highest BCUT2D eigenvalue weighted by Gasteiger charge is 2.18. The second kappa shape index (κ2) is 10.6. The van der Waals surface area contributed by atoms with Crippen molar-refractivity contribution in [3.63, 3.8) is 0 Å². The van der Waals surface area contributed by atoms with Crippen molar-refractivity contribution in [2.75, 3.05) is 0 Å². The van der Waals surface area contributed by atoms with Gasteiger partial charge in [0.25, 0.3) is 0 Å². The molecule has 0 amide bonds. The van der Waals surface area contributed by atoms with Crippen LogP contribution in [0, 0.1) is 43.4 Å². The normalized spacial score (nSPS) is 11.0. The third-order valence-corrected chi connectivity index (χ3v) is 7.85. The van der Waals surface area contributed by atoms with Gasteiger partial charge in [-0.1, -0.05) is 23.8 Å². The number of benzene rings is 4. The molecule has 3 heterocycles. The van der Waals surface area contributed by atoms with Crippen LogP contribution in [0.4, 0.5) is 0 Å². The lowest BCUT2D eigenvalue weighted by Gasteiger charge is -2.16. The van der Waals surface area contributed by atoms with Crippen LogP contribution in [0.2, 0.25) is 0 Å². The predicted octanol–water partition coefficient (Wildman–Crippen LogP) is 8.49. The van der Waals surface area contributed by atoms with Gasteiger partial charge in [-0.2, -0.15) is 10.5 Å². The number of aromatic nitrogens is 4. The van der Waals surface area contributed by atoms with Crippen molar-refractivity contribution in [2.45, 2.75) is 20.8 Å². The molecule has 0 fully saturated rings. The van der Waals surface area contributed by atoms with Crippen molar-refractivity contribution in [2.24, 2.45) is 0 Å². The molecule has 0 saturated heterocycles. The molecule has 44 heavy (non-hydrogen) atoms. The van der Waals surface area contributed by atoms with E-state index in [-0.39, 0.29) is 0 Å². The Bertz CT molecular complexity index is 2290. The highest BCUT2D eigenvalue weighted by molar-refractivity contribution is 6.09. The van der Waals surface area contributed by atoms with Crippen LogP contribution < -0.4 is 4.74 Å². The molecule has 3 aromatic heterocycles. The summed E-state index contributed by atoms with van der Waals surface area (Å²) in [6, 6.07) is 31.6. The summed E-state index contributed by atoms with van der Waals surface area (Å²) < 4.78 is 10.6. The monoisotopic (exact) mass is 570 g/mol. The lowest BCUT2D eigenvalue weighted by atomic mass is 10.0. The number of fused-ring (bicyclic) bond motifs is 3. The Morgan fingerprint density at radius 1 is 0.727 bits per heavy atom. The zero-order valence-electron chi connectivity index (χ0n) is 24.4. The molecule has 210 valence electrons. The molecule has 7 nitrogen and oxygen atoms in total. The first-order valence-electron chi connectivity index (χ1n) is 14.2. The van der Waals surface area contributed by atoms with E-state index in [1.807, 2.05) is 72.9 Å². The van der Waals surface area contributed by atoms with Crippen LogP contribution in [0.3, 0.4) is 0 Å². The average molecular weight is 571 g/mol. The van der Waals surface area contributed by atoms with E-state index in [4.69, 9.17) is 4.74 Å².